The van der Waals surface area contributed by atoms with E-state index in [4.69, 9.17) is 21.3 Å². The van der Waals surface area contributed by atoms with Gasteiger partial charge in [-0.15, -0.1) is 5.10 Å². The summed E-state index contributed by atoms with van der Waals surface area (Å²) in [7, 11) is 0. The van der Waals surface area contributed by atoms with Crippen LogP contribution in [0, 0.1) is 6.92 Å². The Morgan fingerprint density at radius 1 is 1.15 bits per heavy atom. The Morgan fingerprint density at radius 2 is 1.97 bits per heavy atom. The molecule has 0 spiro atoms. The number of rotatable bonds is 5. The fourth-order valence-electron chi connectivity index (χ4n) is 4.08. The number of aromatic nitrogens is 4. The lowest BCUT2D eigenvalue weighted by molar-refractivity contribution is 0.0383. The Labute approximate surface area is 196 Å². The number of aryl methyl sites for hydroxylation is 1. The average molecular weight is 463 g/mol. The lowest BCUT2D eigenvalue weighted by Gasteiger charge is -2.26. The Morgan fingerprint density at radius 3 is 2.79 bits per heavy atom. The van der Waals surface area contributed by atoms with Crippen LogP contribution in [0.1, 0.15) is 16.1 Å². The van der Waals surface area contributed by atoms with E-state index in [0.29, 0.717) is 39.2 Å². The fourth-order valence-corrected chi connectivity index (χ4v) is 4.31. The second-order valence-corrected chi connectivity index (χ2v) is 8.38. The molecule has 1 aliphatic heterocycles. The minimum atomic E-state index is -0.205. The van der Waals surface area contributed by atoms with Crippen molar-refractivity contribution in [3.63, 3.8) is 0 Å². The molecule has 9 heteroatoms. The van der Waals surface area contributed by atoms with Crippen molar-refractivity contribution in [2.75, 3.05) is 39.4 Å². The van der Waals surface area contributed by atoms with Gasteiger partial charge in [-0.1, -0.05) is 29.8 Å². The Balaban J connectivity index is 1.58. The predicted molar refractivity (Wildman–Crippen MR) is 127 cm³/mol. The summed E-state index contributed by atoms with van der Waals surface area (Å²) in [5.74, 6) is -0.205. The smallest absolute Gasteiger partial charge is 0.253 e. The summed E-state index contributed by atoms with van der Waals surface area (Å²) in [5.41, 5.74) is 3.81. The minimum Gasteiger partial charge on any atom is -0.379 e. The summed E-state index contributed by atoms with van der Waals surface area (Å²) in [4.78, 5) is 24.9. The summed E-state index contributed by atoms with van der Waals surface area (Å²) < 4.78 is 5.38. The number of ether oxygens (including phenoxy) is 1. The van der Waals surface area contributed by atoms with Crippen LogP contribution < -0.4 is 5.32 Å². The molecule has 0 unspecified atom stereocenters. The van der Waals surface area contributed by atoms with E-state index in [1.807, 2.05) is 31.2 Å². The number of benzene rings is 2. The molecule has 0 aliphatic carbocycles. The molecule has 5 rings (SSSR count). The molecule has 33 heavy (non-hydrogen) atoms. The Bertz CT molecular complexity index is 1340. The van der Waals surface area contributed by atoms with E-state index >= 15 is 0 Å². The summed E-state index contributed by atoms with van der Waals surface area (Å²) in [6.07, 6.45) is 3.35. The van der Waals surface area contributed by atoms with E-state index in [9.17, 15) is 4.79 Å². The van der Waals surface area contributed by atoms with Gasteiger partial charge in [0.05, 0.1) is 41.9 Å². The molecule has 3 heterocycles. The first-order valence-corrected chi connectivity index (χ1v) is 11.2. The predicted octanol–water partition coefficient (Wildman–Crippen LogP) is 3.26. The molecular formula is C24H23ClN6O2. The van der Waals surface area contributed by atoms with Gasteiger partial charge in [-0.25, -0.2) is 0 Å². The number of morpholine rings is 1. The van der Waals surface area contributed by atoms with Gasteiger partial charge in [-0.2, -0.15) is 5.10 Å². The highest BCUT2D eigenvalue weighted by atomic mass is 35.5. The zero-order chi connectivity index (χ0) is 22.8. The van der Waals surface area contributed by atoms with Crippen LogP contribution in [0.3, 0.4) is 0 Å². The second kappa shape index (κ2) is 9.35. The van der Waals surface area contributed by atoms with Crippen molar-refractivity contribution in [3.05, 3.63) is 59.0 Å². The van der Waals surface area contributed by atoms with Crippen LogP contribution in [-0.4, -0.2) is 70.4 Å². The molecule has 1 saturated heterocycles. The summed E-state index contributed by atoms with van der Waals surface area (Å²) in [6.45, 7) is 6.37. The van der Waals surface area contributed by atoms with Crippen molar-refractivity contribution in [1.29, 1.82) is 0 Å². The van der Waals surface area contributed by atoms with Gasteiger partial charge in [0, 0.05) is 53.7 Å². The van der Waals surface area contributed by atoms with Gasteiger partial charge < -0.3 is 10.1 Å². The molecule has 0 bridgehead atoms. The standard InChI is InChI=1S/C24H23ClN6O2/c1-15-13-27-21-17(22(29-15)16-4-2-3-5-20(16)25)12-18(23-19(21)14-28-30-23)24(32)26-6-7-31-8-10-33-11-9-31/h2-5,12-14H,6-11H2,1H3,(H,26,32). The maximum absolute atomic E-state index is 13.2. The molecule has 168 valence electrons. The molecule has 0 atom stereocenters. The van der Waals surface area contributed by atoms with Crippen LogP contribution in [0.25, 0.3) is 33.1 Å². The molecule has 1 fully saturated rings. The largest absolute Gasteiger partial charge is 0.379 e. The first-order chi connectivity index (χ1) is 16.1. The van der Waals surface area contributed by atoms with E-state index in [1.165, 1.54) is 0 Å². The van der Waals surface area contributed by atoms with Gasteiger partial charge in [0.1, 0.15) is 5.52 Å². The summed E-state index contributed by atoms with van der Waals surface area (Å²) >= 11 is 6.52. The van der Waals surface area contributed by atoms with Crippen LogP contribution in [-0.2, 0) is 4.74 Å². The normalized spacial score (nSPS) is 14.6. The zero-order valence-electron chi connectivity index (χ0n) is 18.2. The van der Waals surface area contributed by atoms with E-state index in [2.05, 4.69) is 25.4 Å². The first-order valence-electron chi connectivity index (χ1n) is 10.9. The highest BCUT2D eigenvalue weighted by Gasteiger charge is 2.20. The molecule has 1 aliphatic rings. The lowest BCUT2D eigenvalue weighted by Crippen LogP contribution is -2.41. The van der Waals surface area contributed by atoms with Gasteiger partial charge in [0.15, 0.2) is 0 Å². The molecule has 8 nitrogen and oxygen atoms in total. The zero-order valence-corrected chi connectivity index (χ0v) is 19.0. The number of hydrogen-bond acceptors (Lipinski definition) is 7. The third kappa shape index (κ3) is 4.37. The Hall–Kier alpha value is -3.20. The van der Waals surface area contributed by atoms with Crippen LogP contribution in [0.2, 0.25) is 5.02 Å². The number of halogens is 1. The van der Waals surface area contributed by atoms with E-state index < -0.39 is 0 Å². The molecule has 1 amide bonds. The van der Waals surface area contributed by atoms with Gasteiger partial charge in [0.2, 0.25) is 0 Å². The third-order valence-electron chi connectivity index (χ3n) is 5.77. The maximum Gasteiger partial charge on any atom is 0.253 e. The molecule has 2 aromatic heterocycles. The SMILES string of the molecule is Cc1cnc2c(cc(C(=O)NCCN3CCOCC3)c3nncc32)c(-c2ccccc2Cl)n1. The van der Waals surface area contributed by atoms with Crippen molar-refractivity contribution in [2.24, 2.45) is 0 Å². The number of nitrogens with zero attached hydrogens (tertiary/aromatic N) is 5. The van der Waals surface area contributed by atoms with E-state index in [-0.39, 0.29) is 5.91 Å². The van der Waals surface area contributed by atoms with Crippen molar-refractivity contribution in [1.82, 2.24) is 30.4 Å². The highest BCUT2D eigenvalue weighted by Crippen LogP contribution is 2.34. The molecule has 4 aromatic rings. The quantitative estimate of drug-likeness (QED) is 0.486. The van der Waals surface area contributed by atoms with Gasteiger partial charge in [-0.05, 0) is 19.1 Å². The highest BCUT2D eigenvalue weighted by molar-refractivity contribution is 6.33. The molecule has 2 aromatic carbocycles. The first kappa shape index (κ1) is 21.6. The number of amides is 1. The van der Waals surface area contributed by atoms with Gasteiger partial charge in [-0.3, -0.25) is 19.7 Å². The van der Waals surface area contributed by atoms with Crippen LogP contribution >= 0.6 is 11.6 Å². The maximum atomic E-state index is 13.2. The van der Waals surface area contributed by atoms with Crippen molar-refractivity contribution < 1.29 is 9.53 Å². The topological polar surface area (TPSA) is 93.1 Å². The number of nitrogens with one attached hydrogen (secondary N) is 1. The number of hydrogen-bond donors (Lipinski definition) is 1. The molecule has 0 radical (unpaired) electrons. The van der Waals surface area contributed by atoms with Gasteiger partial charge >= 0.3 is 0 Å². The van der Waals surface area contributed by atoms with Crippen molar-refractivity contribution in [3.8, 4) is 11.3 Å². The number of carbonyl (C=O) groups is 1. The van der Waals surface area contributed by atoms with Crippen molar-refractivity contribution in [2.45, 2.75) is 6.92 Å². The minimum absolute atomic E-state index is 0.205. The monoisotopic (exact) mass is 462 g/mol. The van der Waals surface area contributed by atoms with Crippen molar-refractivity contribution >= 4 is 39.3 Å². The number of carbonyl (C=O) groups excluding carboxylic acids is 1. The van der Waals surface area contributed by atoms with Crippen LogP contribution in [0.5, 0.6) is 0 Å². The van der Waals surface area contributed by atoms with Gasteiger partial charge in [0.25, 0.3) is 5.91 Å². The summed E-state index contributed by atoms with van der Waals surface area (Å²) in [5, 5.41) is 13.3. The van der Waals surface area contributed by atoms with Crippen LogP contribution in [0.15, 0.2) is 42.7 Å². The fraction of sp³-hybridized carbons (Fsp3) is 0.292. The molecule has 1 N–H and O–H groups in total. The summed E-state index contributed by atoms with van der Waals surface area (Å²) in [6, 6.07) is 9.32. The van der Waals surface area contributed by atoms with Crippen LogP contribution in [0.4, 0.5) is 0 Å². The number of fused-ring (bicyclic) bond motifs is 3. The second-order valence-electron chi connectivity index (χ2n) is 7.98. The molecule has 0 saturated carbocycles. The average Bonchev–Trinajstić information content (AvgIpc) is 3.25. The molecular weight excluding hydrogens is 440 g/mol. The third-order valence-corrected chi connectivity index (χ3v) is 6.10. The van der Waals surface area contributed by atoms with E-state index in [0.717, 1.165) is 49.5 Å². The Kier molecular flexibility index (Phi) is 6.13. The lowest BCUT2D eigenvalue weighted by atomic mass is 10.0. The van der Waals surface area contributed by atoms with E-state index in [1.54, 1.807) is 18.5 Å².